The summed E-state index contributed by atoms with van der Waals surface area (Å²) < 4.78 is 1.91. The fourth-order valence-electron chi connectivity index (χ4n) is 2.96. The standard InChI is InChI=1S/C18H17ClN4OS/c19-14-5-1-2-6-16(14)21-9-11-22(12-10-21)17(24)15-13-25-18(20-15)23-7-3-4-8-23/h1-8,13H,9-12H2. The van der Waals surface area contributed by atoms with Gasteiger partial charge in [0.05, 0.1) is 10.7 Å². The molecule has 25 heavy (non-hydrogen) atoms. The van der Waals surface area contributed by atoms with Gasteiger partial charge >= 0.3 is 0 Å². The molecule has 4 rings (SSSR count). The predicted octanol–water partition coefficient (Wildman–Crippen LogP) is 3.55. The molecule has 7 heteroatoms. The first-order valence-electron chi connectivity index (χ1n) is 8.10. The number of halogens is 1. The van der Waals surface area contributed by atoms with E-state index < -0.39 is 0 Å². The van der Waals surface area contributed by atoms with Crippen LogP contribution >= 0.6 is 22.9 Å². The van der Waals surface area contributed by atoms with Gasteiger partial charge < -0.3 is 14.4 Å². The summed E-state index contributed by atoms with van der Waals surface area (Å²) in [6, 6.07) is 11.7. The molecule has 0 unspecified atom stereocenters. The Morgan fingerprint density at radius 1 is 1.04 bits per heavy atom. The number of nitrogens with zero attached hydrogens (tertiary/aromatic N) is 4. The highest BCUT2D eigenvalue weighted by Crippen LogP contribution is 2.26. The van der Waals surface area contributed by atoms with Crippen molar-refractivity contribution in [3.63, 3.8) is 0 Å². The largest absolute Gasteiger partial charge is 0.367 e. The predicted molar refractivity (Wildman–Crippen MR) is 101 cm³/mol. The van der Waals surface area contributed by atoms with E-state index in [1.54, 1.807) is 0 Å². The second-order valence-electron chi connectivity index (χ2n) is 5.84. The lowest BCUT2D eigenvalue weighted by atomic mass is 10.2. The molecule has 1 aliphatic rings. The number of carbonyl (C=O) groups excluding carboxylic acids is 1. The van der Waals surface area contributed by atoms with E-state index in [1.807, 2.05) is 63.6 Å². The highest BCUT2D eigenvalue weighted by Gasteiger charge is 2.24. The third-order valence-corrected chi connectivity index (χ3v) is 5.47. The SMILES string of the molecule is O=C(c1csc(-n2cccc2)n1)N1CCN(c2ccccc2Cl)CC1. The Morgan fingerprint density at radius 2 is 1.76 bits per heavy atom. The highest BCUT2D eigenvalue weighted by molar-refractivity contribution is 7.12. The number of thiazole rings is 1. The third kappa shape index (κ3) is 3.27. The molecule has 1 amide bonds. The number of carbonyl (C=O) groups is 1. The van der Waals surface area contributed by atoms with Crippen molar-refractivity contribution in [1.82, 2.24) is 14.5 Å². The van der Waals surface area contributed by atoms with Crippen molar-refractivity contribution in [2.24, 2.45) is 0 Å². The van der Waals surface area contributed by atoms with Crippen LogP contribution in [0.1, 0.15) is 10.5 Å². The number of benzene rings is 1. The molecule has 2 aromatic heterocycles. The van der Waals surface area contributed by atoms with Gasteiger partial charge in [0.2, 0.25) is 0 Å². The number of aromatic nitrogens is 2. The zero-order valence-electron chi connectivity index (χ0n) is 13.5. The molecule has 0 saturated carbocycles. The number of amides is 1. The van der Waals surface area contributed by atoms with E-state index in [9.17, 15) is 4.79 Å². The molecule has 1 saturated heterocycles. The number of rotatable bonds is 3. The average molecular weight is 373 g/mol. The zero-order chi connectivity index (χ0) is 17.2. The van der Waals surface area contributed by atoms with Gasteiger partial charge in [0.25, 0.3) is 5.91 Å². The van der Waals surface area contributed by atoms with Crippen LogP contribution in [0.4, 0.5) is 5.69 Å². The molecule has 3 heterocycles. The third-order valence-electron chi connectivity index (χ3n) is 4.30. The Hall–Kier alpha value is -2.31. The van der Waals surface area contributed by atoms with E-state index in [0.29, 0.717) is 18.8 Å². The summed E-state index contributed by atoms with van der Waals surface area (Å²) in [5.41, 5.74) is 1.54. The van der Waals surface area contributed by atoms with Gasteiger partial charge in [-0.2, -0.15) is 0 Å². The summed E-state index contributed by atoms with van der Waals surface area (Å²) >= 11 is 7.75. The first-order valence-corrected chi connectivity index (χ1v) is 9.36. The van der Waals surface area contributed by atoms with Gasteiger partial charge in [-0.15, -0.1) is 11.3 Å². The van der Waals surface area contributed by atoms with E-state index in [0.717, 1.165) is 28.9 Å². The highest BCUT2D eigenvalue weighted by atomic mass is 35.5. The fourth-order valence-corrected chi connectivity index (χ4v) is 3.98. The molecule has 128 valence electrons. The van der Waals surface area contributed by atoms with E-state index in [-0.39, 0.29) is 5.91 Å². The molecule has 1 fully saturated rings. The molecule has 5 nitrogen and oxygen atoms in total. The van der Waals surface area contributed by atoms with Crippen LogP contribution in [0, 0.1) is 0 Å². The van der Waals surface area contributed by atoms with Gasteiger partial charge in [-0.25, -0.2) is 4.98 Å². The van der Waals surface area contributed by atoms with E-state index in [2.05, 4.69) is 9.88 Å². The number of anilines is 1. The van der Waals surface area contributed by atoms with Crippen LogP contribution in [0.5, 0.6) is 0 Å². The van der Waals surface area contributed by atoms with Gasteiger partial charge in [-0.1, -0.05) is 23.7 Å². The average Bonchev–Trinajstić information content (AvgIpc) is 3.33. The minimum absolute atomic E-state index is 0.00605. The molecule has 3 aromatic rings. The van der Waals surface area contributed by atoms with Crippen molar-refractivity contribution < 1.29 is 4.79 Å². The van der Waals surface area contributed by atoms with Crippen LogP contribution in [0.2, 0.25) is 5.02 Å². The molecular formula is C18H17ClN4OS. The molecule has 1 aliphatic heterocycles. The molecule has 1 aromatic carbocycles. The first kappa shape index (κ1) is 16.2. The smallest absolute Gasteiger partial charge is 0.273 e. The zero-order valence-corrected chi connectivity index (χ0v) is 15.1. The molecule has 0 radical (unpaired) electrons. The molecule has 0 N–H and O–H groups in total. The number of para-hydroxylation sites is 1. The second-order valence-corrected chi connectivity index (χ2v) is 7.08. The van der Waals surface area contributed by atoms with Crippen molar-refractivity contribution in [3.8, 4) is 5.13 Å². The number of hydrogen-bond acceptors (Lipinski definition) is 4. The Kier molecular flexibility index (Phi) is 4.46. The monoisotopic (exact) mass is 372 g/mol. The van der Waals surface area contributed by atoms with Crippen LogP contribution in [0.25, 0.3) is 5.13 Å². The topological polar surface area (TPSA) is 41.4 Å². The van der Waals surface area contributed by atoms with Crippen LogP contribution < -0.4 is 4.90 Å². The lowest BCUT2D eigenvalue weighted by Gasteiger charge is -2.36. The van der Waals surface area contributed by atoms with Crippen LogP contribution in [-0.2, 0) is 0 Å². The minimum Gasteiger partial charge on any atom is -0.367 e. The lowest BCUT2D eigenvalue weighted by Crippen LogP contribution is -2.49. The summed E-state index contributed by atoms with van der Waals surface area (Å²) in [6.45, 7) is 2.87. The van der Waals surface area contributed by atoms with Crippen LogP contribution in [-0.4, -0.2) is 46.5 Å². The van der Waals surface area contributed by atoms with Gasteiger partial charge in [0.15, 0.2) is 5.13 Å². The van der Waals surface area contributed by atoms with Crippen molar-refractivity contribution in [3.05, 3.63) is 64.9 Å². The number of piperazine rings is 1. The summed E-state index contributed by atoms with van der Waals surface area (Å²) in [5.74, 6) is -0.00605. The van der Waals surface area contributed by atoms with Crippen LogP contribution in [0.3, 0.4) is 0 Å². The summed E-state index contributed by atoms with van der Waals surface area (Å²) in [6.07, 6.45) is 3.85. The van der Waals surface area contributed by atoms with Crippen molar-refractivity contribution in [1.29, 1.82) is 0 Å². The first-order chi connectivity index (χ1) is 12.2. The maximum absolute atomic E-state index is 12.7. The summed E-state index contributed by atoms with van der Waals surface area (Å²) in [4.78, 5) is 21.3. The van der Waals surface area contributed by atoms with E-state index in [1.165, 1.54) is 11.3 Å². The van der Waals surface area contributed by atoms with E-state index >= 15 is 0 Å². The Balaban J connectivity index is 1.42. The lowest BCUT2D eigenvalue weighted by molar-refractivity contribution is 0.0741. The molecule has 0 aliphatic carbocycles. The molecular weight excluding hydrogens is 356 g/mol. The quantitative estimate of drug-likeness (QED) is 0.706. The Morgan fingerprint density at radius 3 is 2.48 bits per heavy atom. The van der Waals surface area contributed by atoms with Gasteiger partial charge in [0, 0.05) is 44.0 Å². The van der Waals surface area contributed by atoms with Crippen molar-refractivity contribution in [2.45, 2.75) is 0 Å². The van der Waals surface area contributed by atoms with Gasteiger partial charge in [-0.05, 0) is 24.3 Å². The minimum atomic E-state index is -0.00605. The van der Waals surface area contributed by atoms with Gasteiger partial charge in [0.1, 0.15) is 5.69 Å². The Labute approximate surface area is 155 Å². The molecule has 0 spiro atoms. The molecule has 0 bridgehead atoms. The normalized spacial score (nSPS) is 14.8. The van der Waals surface area contributed by atoms with E-state index in [4.69, 9.17) is 11.6 Å². The number of hydrogen-bond donors (Lipinski definition) is 0. The summed E-state index contributed by atoms with van der Waals surface area (Å²) in [5, 5.41) is 3.39. The van der Waals surface area contributed by atoms with Gasteiger partial charge in [-0.3, -0.25) is 4.79 Å². The maximum atomic E-state index is 12.7. The second kappa shape index (κ2) is 6.90. The van der Waals surface area contributed by atoms with Crippen LogP contribution in [0.15, 0.2) is 54.2 Å². The molecule has 0 atom stereocenters. The Bertz CT molecular complexity index is 869. The van der Waals surface area contributed by atoms with Crippen molar-refractivity contribution >= 4 is 34.5 Å². The van der Waals surface area contributed by atoms with Crippen molar-refractivity contribution in [2.75, 3.05) is 31.1 Å². The fraction of sp³-hybridized carbons (Fsp3) is 0.222. The summed E-state index contributed by atoms with van der Waals surface area (Å²) in [7, 11) is 0. The maximum Gasteiger partial charge on any atom is 0.273 e.